The number of allylic oxidation sites excluding steroid dienone is 2. The van der Waals surface area contributed by atoms with Crippen molar-refractivity contribution in [3.63, 3.8) is 0 Å². The number of carbonyl (C=O) groups excluding carboxylic acids is 3. The Labute approximate surface area is 494 Å². The molecule has 0 rings (SSSR count). The maximum atomic E-state index is 12.9. The van der Waals surface area contributed by atoms with Crippen molar-refractivity contribution in [2.24, 2.45) is 0 Å². The van der Waals surface area contributed by atoms with Gasteiger partial charge in [-0.05, 0) is 44.9 Å². The molecule has 0 heterocycles. The van der Waals surface area contributed by atoms with Gasteiger partial charge in [-0.3, -0.25) is 14.4 Å². The molecule has 0 aliphatic carbocycles. The molecule has 0 aromatic carbocycles. The number of hydrogen-bond donors (Lipinski definition) is 0. The summed E-state index contributed by atoms with van der Waals surface area (Å²) in [4.78, 5) is 38.4. The van der Waals surface area contributed by atoms with Crippen molar-refractivity contribution in [3.8, 4) is 0 Å². The van der Waals surface area contributed by atoms with Gasteiger partial charge in [-0.1, -0.05) is 367 Å². The number of rotatable bonds is 68. The number of unbranched alkanes of at least 4 members (excludes halogenated alkanes) is 55. The van der Waals surface area contributed by atoms with Gasteiger partial charge in [0.05, 0.1) is 0 Å². The lowest BCUT2D eigenvalue weighted by Crippen LogP contribution is -2.30. The lowest BCUT2D eigenvalue weighted by atomic mass is 10.0. The van der Waals surface area contributed by atoms with Crippen molar-refractivity contribution in [2.45, 2.75) is 425 Å². The molecule has 6 heteroatoms. The van der Waals surface area contributed by atoms with E-state index in [-0.39, 0.29) is 31.1 Å². The predicted octanol–water partition coefficient (Wildman–Crippen LogP) is 24.8. The average Bonchev–Trinajstić information content (AvgIpc) is 3.45. The molecule has 0 N–H and O–H groups in total. The van der Waals surface area contributed by atoms with Gasteiger partial charge in [0.15, 0.2) is 6.10 Å². The molecular weight excluding hydrogens is 973 g/mol. The molecule has 0 radical (unpaired) electrons. The minimum atomic E-state index is -0.769. The summed E-state index contributed by atoms with van der Waals surface area (Å²) in [6.45, 7) is 6.72. The molecule has 0 fully saturated rings. The predicted molar refractivity (Wildman–Crippen MR) is 344 cm³/mol. The number of ether oxygens (including phenoxy) is 3. The largest absolute Gasteiger partial charge is 0.462 e. The van der Waals surface area contributed by atoms with E-state index in [1.54, 1.807) is 0 Å². The Bertz CT molecular complexity index is 1230. The molecule has 0 bridgehead atoms. The van der Waals surface area contributed by atoms with E-state index < -0.39 is 6.10 Å². The van der Waals surface area contributed by atoms with Gasteiger partial charge < -0.3 is 14.2 Å². The van der Waals surface area contributed by atoms with Gasteiger partial charge in [0.1, 0.15) is 13.2 Å². The molecule has 6 nitrogen and oxygen atoms in total. The number of carbonyl (C=O) groups is 3. The van der Waals surface area contributed by atoms with Crippen molar-refractivity contribution in [1.29, 1.82) is 0 Å². The summed E-state index contributed by atoms with van der Waals surface area (Å²) in [5.74, 6) is -0.835. The Morgan fingerprint density at radius 3 is 0.633 bits per heavy atom. The summed E-state index contributed by atoms with van der Waals surface area (Å²) in [6.07, 6.45) is 82.6. The third-order valence-corrected chi connectivity index (χ3v) is 16.8. The second-order valence-corrected chi connectivity index (χ2v) is 24.9. The van der Waals surface area contributed by atoms with Gasteiger partial charge in [-0.15, -0.1) is 0 Å². The molecule has 79 heavy (non-hydrogen) atoms. The van der Waals surface area contributed by atoms with E-state index in [9.17, 15) is 14.4 Å². The van der Waals surface area contributed by atoms with E-state index in [1.165, 1.54) is 321 Å². The normalized spacial score (nSPS) is 12.0. The molecule has 0 amide bonds. The summed E-state index contributed by atoms with van der Waals surface area (Å²) in [6, 6.07) is 0. The first-order valence-corrected chi connectivity index (χ1v) is 36.2. The van der Waals surface area contributed by atoms with Crippen LogP contribution in [0.4, 0.5) is 0 Å². The quantitative estimate of drug-likeness (QED) is 0.0261. The van der Waals surface area contributed by atoms with E-state index in [2.05, 4.69) is 32.9 Å². The Hall–Kier alpha value is -1.85. The topological polar surface area (TPSA) is 78.9 Å². The fraction of sp³-hybridized carbons (Fsp3) is 0.932. The zero-order valence-corrected chi connectivity index (χ0v) is 53.9. The molecule has 1 atom stereocenters. The SMILES string of the molecule is CCCCCCCC/C=C\CCCCCCCCCC(=O)OC(COC(=O)CCCCCCCCCCCCCCCC)COC(=O)CCCCCCCCCCCCCCCCCCCCCCCCCCCCCCCC. The molecule has 0 aromatic rings. The highest BCUT2D eigenvalue weighted by atomic mass is 16.6. The number of hydrogen-bond acceptors (Lipinski definition) is 6. The van der Waals surface area contributed by atoms with Crippen LogP contribution in [0.3, 0.4) is 0 Å². The first-order valence-electron chi connectivity index (χ1n) is 36.2. The zero-order valence-electron chi connectivity index (χ0n) is 53.9. The monoisotopic (exact) mass is 1110 g/mol. The highest BCUT2D eigenvalue weighted by molar-refractivity contribution is 5.71. The van der Waals surface area contributed by atoms with Gasteiger partial charge in [0.25, 0.3) is 0 Å². The van der Waals surface area contributed by atoms with Crippen LogP contribution in [0.25, 0.3) is 0 Å². The third kappa shape index (κ3) is 66.8. The molecule has 0 aliphatic heterocycles. The Balaban J connectivity index is 4.14. The van der Waals surface area contributed by atoms with Crippen LogP contribution < -0.4 is 0 Å². The van der Waals surface area contributed by atoms with Gasteiger partial charge >= 0.3 is 17.9 Å². The summed E-state index contributed by atoms with van der Waals surface area (Å²) in [5.41, 5.74) is 0. The van der Waals surface area contributed by atoms with Crippen molar-refractivity contribution < 1.29 is 28.6 Å². The van der Waals surface area contributed by atoms with Crippen LogP contribution in [0, 0.1) is 0 Å². The van der Waals surface area contributed by atoms with E-state index in [0.717, 1.165) is 57.8 Å². The second-order valence-electron chi connectivity index (χ2n) is 24.9. The molecule has 468 valence electrons. The molecule has 0 saturated heterocycles. The number of esters is 3. The molecule has 0 aromatic heterocycles. The third-order valence-electron chi connectivity index (χ3n) is 16.8. The summed E-state index contributed by atoms with van der Waals surface area (Å²) in [5, 5.41) is 0. The summed E-state index contributed by atoms with van der Waals surface area (Å²) >= 11 is 0. The van der Waals surface area contributed by atoms with E-state index in [4.69, 9.17) is 14.2 Å². The zero-order chi connectivity index (χ0) is 57.1. The highest BCUT2D eigenvalue weighted by Crippen LogP contribution is 2.19. The lowest BCUT2D eigenvalue weighted by molar-refractivity contribution is -0.167. The van der Waals surface area contributed by atoms with Crippen LogP contribution in [0.15, 0.2) is 12.2 Å². The van der Waals surface area contributed by atoms with E-state index >= 15 is 0 Å². The minimum Gasteiger partial charge on any atom is -0.462 e. The average molecular weight is 1110 g/mol. The van der Waals surface area contributed by atoms with E-state index in [1.807, 2.05) is 0 Å². The summed E-state index contributed by atoms with van der Waals surface area (Å²) < 4.78 is 17.0. The molecule has 0 saturated carbocycles. The minimum absolute atomic E-state index is 0.0649. The first-order chi connectivity index (χ1) is 39.0. The Morgan fingerprint density at radius 1 is 0.241 bits per heavy atom. The maximum Gasteiger partial charge on any atom is 0.306 e. The van der Waals surface area contributed by atoms with Crippen molar-refractivity contribution >= 4 is 17.9 Å². The Morgan fingerprint density at radius 2 is 0.418 bits per heavy atom. The van der Waals surface area contributed by atoms with Crippen LogP contribution in [-0.4, -0.2) is 37.2 Å². The molecular formula is C73H140O6. The maximum absolute atomic E-state index is 12.9. The Kier molecular flexibility index (Phi) is 67.0. The smallest absolute Gasteiger partial charge is 0.306 e. The fourth-order valence-electron chi connectivity index (χ4n) is 11.3. The van der Waals surface area contributed by atoms with Crippen molar-refractivity contribution in [3.05, 3.63) is 12.2 Å². The van der Waals surface area contributed by atoms with Crippen LogP contribution in [-0.2, 0) is 28.6 Å². The van der Waals surface area contributed by atoms with Gasteiger partial charge in [0.2, 0.25) is 0 Å². The van der Waals surface area contributed by atoms with Crippen molar-refractivity contribution in [2.75, 3.05) is 13.2 Å². The fourth-order valence-corrected chi connectivity index (χ4v) is 11.3. The van der Waals surface area contributed by atoms with Crippen LogP contribution in [0.2, 0.25) is 0 Å². The summed E-state index contributed by atoms with van der Waals surface area (Å²) in [7, 11) is 0. The molecule has 1 unspecified atom stereocenters. The van der Waals surface area contributed by atoms with Gasteiger partial charge in [0, 0.05) is 19.3 Å². The van der Waals surface area contributed by atoms with Crippen LogP contribution >= 0.6 is 0 Å². The lowest BCUT2D eigenvalue weighted by Gasteiger charge is -2.18. The van der Waals surface area contributed by atoms with E-state index in [0.29, 0.717) is 19.3 Å². The highest BCUT2D eigenvalue weighted by Gasteiger charge is 2.19. The van der Waals surface area contributed by atoms with Crippen LogP contribution in [0.1, 0.15) is 419 Å². The second kappa shape index (κ2) is 68.6. The molecule has 0 aliphatic rings. The molecule has 0 spiro atoms. The van der Waals surface area contributed by atoms with Gasteiger partial charge in [-0.2, -0.15) is 0 Å². The first kappa shape index (κ1) is 77.2. The van der Waals surface area contributed by atoms with Gasteiger partial charge in [-0.25, -0.2) is 0 Å². The standard InChI is InChI=1S/C73H140O6/c1-4-7-10-13-16-19-22-25-28-30-31-32-33-34-35-36-37-38-39-40-41-42-44-45-48-51-54-57-60-63-66-72(75)78-69-70(68-77-71(74)65-62-59-56-53-50-47-27-24-21-18-15-12-9-6-3)79-73(76)67-64-61-58-55-52-49-46-43-29-26-23-20-17-14-11-8-5-2/h26,29,70H,4-25,27-28,30-69H2,1-3H3/b29-26-. The van der Waals surface area contributed by atoms with Crippen LogP contribution in [0.5, 0.6) is 0 Å². The van der Waals surface area contributed by atoms with Crippen molar-refractivity contribution in [1.82, 2.24) is 0 Å².